The van der Waals surface area contributed by atoms with E-state index in [9.17, 15) is 4.79 Å². The Hall–Kier alpha value is -1.30. The summed E-state index contributed by atoms with van der Waals surface area (Å²) in [7, 11) is 0. The van der Waals surface area contributed by atoms with E-state index in [0.717, 1.165) is 38.4 Å². The van der Waals surface area contributed by atoms with E-state index in [1.807, 2.05) is 31.2 Å². The predicted octanol–water partition coefficient (Wildman–Crippen LogP) is 1.67. The van der Waals surface area contributed by atoms with E-state index in [-0.39, 0.29) is 25.0 Å². The average Bonchev–Trinajstić information content (AvgIpc) is 2.46. The van der Waals surface area contributed by atoms with Crippen LogP contribution in [-0.2, 0) is 14.3 Å². The zero-order valence-electron chi connectivity index (χ0n) is 12.2. The van der Waals surface area contributed by atoms with E-state index in [0.29, 0.717) is 12.4 Å². The van der Waals surface area contributed by atoms with Crippen molar-refractivity contribution in [3.63, 3.8) is 0 Å². The molecular formula is C15H22ClNO4. The smallest absolute Gasteiger partial charge is 0.344 e. The number of benzene rings is 1. The third-order valence-corrected chi connectivity index (χ3v) is 3.12. The Bertz CT molecular complexity index is 435. The van der Waals surface area contributed by atoms with Crippen molar-refractivity contribution < 1.29 is 19.0 Å². The molecule has 0 saturated carbocycles. The van der Waals surface area contributed by atoms with Gasteiger partial charge in [-0.2, -0.15) is 0 Å². The van der Waals surface area contributed by atoms with Gasteiger partial charge in [-0.3, -0.25) is 4.90 Å². The third-order valence-electron chi connectivity index (χ3n) is 3.12. The molecule has 0 unspecified atom stereocenters. The van der Waals surface area contributed by atoms with Crippen LogP contribution in [0.4, 0.5) is 0 Å². The van der Waals surface area contributed by atoms with Gasteiger partial charge in [0.05, 0.1) is 13.2 Å². The number of halogens is 1. The summed E-state index contributed by atoms with van der Waals surface area (Å²) in [6, 6.07) is 7.59. The van der Waals surface area contributed by atoms with Crippen LogP contribution < -0.4 is 4.74 Å². The number of hydrogen-bond donors (Lipinski definition) is 0. The second-order valence-electron chi connectivity index (χ2n) is 4.78. The zero-order chi connectivity index (χ0) is 14.2. The summed E-state index contributed by atoms with van der Waals surface area (Å²) in [4.78, 5) is 13.8. The van der Waals surface area contributed by atoms with E-state index < -0.39 is 0 Å². The molecule has 1 aromatic rings. The summed E-state index contributed by atoms with van der Waals surface area (Å²) in [5, 5.41) is 0. The predicted molar refractivity (Wildman–Crippen MR) is 82.1 cm³/mol. The molecule has 6 heteroatoms. The third kappa shape index (κ3) is 6.80. The first-order chi connectivity index (χ1) is 9.74. The highest BCUT2D eigenvalue weighted by molar-refractivity contribution is 5.85. The maximum Gasteiger partial charge on any atom is 0.344 e. The first-order valence-corrected chi connectivity index (χ1v) is 6.89. The van der Waals surface area contributed by atoms with Gasteiger partial charge in [0.2, 0.25) is 0 Å². The van der Waals surface area contributed by atoms with Crippen molar-refractivity contribution >= 4 is 18.4 Å². The van der Waals surface area contributed by atoms with Gasteiger partial charge in [0.15, 0.2) is 6.61 Å². The van der Waals surface area contributed by atoms with E-state index >= 15 is 0 Å². The van der Waals surface area contributed by atoms with Crippen LogP contribution in [0.25, 0.3) is 0 Å². The molecule has 0 N–H and O–H groups in total. The molecule has 0 amide bonds. The minimum atomic E-state index is -0.334. The fourth-order valence-electron chi connectivity index (χ4n) is 2.00. The number of hydrogen-bond acceptors (Lipinski definition) is 5. The molecule has 118 valence electrons. The minimum absolute atomic E-state index is 0. The molecule has 0 spiro atoms. The molecule has 0 bridgehead atoms. The lowest BCUT2D eigenvalue weighted by Crippen LogP contribution is -2.38. The number of carbonyl (C=O) groups is 1. The van der Waals surface area contributed by atoms with Crippen LogP contribution >= 0.6 is 12.4 Å². The summed E-state index contributed by atoms with van der Waals surface area (Å²) in [5.41, 5.74) is 1.10. The number of morpholine rings is 1. The van der Waals surface area contributed by atoms with Gasteiger partial charge in [0.1, 0.15) is 12.4 Å². The van der Waals surface area contributed by atoms with Gasteiger partial charge in [-0.15, -0.1) is 12.4 Å². The Morgan fingerprint density at radius 2 is 2.10 bits per heavy atom. The first kappa shape index (κ1) is 17.8. The van der Waals surface area contributed by atoms with Crippen LogP contribution in [-0.4, -0.2) is 56.9 Å². The Morgan fingerprint density at radius 1 is 1.33 bits per heavy atom. The number of rotatable bonds is 6. The monoisotopic (exact) mass is 315 g/mol. The number of carbonyl (C=O) groups excluding carboxylic acids is 1. The molecule has 1 heterocycles. The van der Waals surface area contributed by atoms with Gasteiger partial charge < -0.3 is 14.2 Å². The fraction of sp³-hybridized carbons (Fsp3) is 0.533. The first-order valence-electron chi connectivity index (χ1n) is 6.89. The lowest BCUT2D eigenvalue weighted by molar-refractivity contribution is -0.146. The van der Waals surface area contributed by atoms with Gasteiger partial charge in [-0.25, -0.2) is 4.79 Å². The Kier molecular flexibility index (Phi) is 8.12. The van der Waals surface area contributed by atoms with E-state index in [1.54, 1.807) is 0 Å². The van der Waals surface area contributed by atoms with Crippen molar-refractivity contribution in [3.8, 4) is 5.75 Å². The second kappa shape index (κ2) is 9.60. The largest absolute Gasteiger partial charge is 0.482 e. The molecule has 1 aliphatic rings. The molecule has 0 radical (unpaired) electrons. The van der Waals surface area contributed by atoms with Crippen molar-refractivity contribution in [2.75, 3.05) is 46.1 Å². The highest BCUT2D eigenvalue weighted by Gasteiger charge is 2.11. The van der Waals surface area contributed by atoms with Crippen LogP contribution in [0.1, 0.15) is 5.56 Å². The lowest BCUT2D eigenvalue weighted by atomic mass is 10.2. The van der Waals surface area contributed by atoms with Gasteiger partial charge in [0.25, 0.3) is 0 Å². The summed E-state index contributed by atoms with van der Waals surface area (Å²) in [5.74, 6) is 0.356. The van der Waals surface area contributed by atoms with Crippen LogP contribution in [0.15, 0.2) is 24.3 Å². The zero-order valence-corrected chi connectivity index (χ0v) is 13.1. The molecule has 0 aliphatic carbocycles. The van der Waals surface area contributed by atoms with Gasteiger partial charge in [-0.05, 0) is 24.6 Å². The average molecular weight is 316 g/mol. The normalized spacial score (nSPS) is 15.1. The van der Waals surface area contributed by atoms with Crippen molar-refractivity contribution in [2.24, 2.45) is 0 Å². The van der Waals surface area contributed by atoms with Crippen LogP contribution in [0, 0.1) is 6.92 Å². The molecule has 2 rings (SSSR count). The van der Waals surface area contributed by atoms with Gasteiger partial charge in [0, 0.05) is 19.6 Å². The summed E-state index contributed by atoms with van der Waals surface area (Å²) in [6.07, 6.45) is 0. The Labute approximate surface area is 131 Å². The lowest BCUT2D eigenvalue weighted by Gasteiger charge is -2.26. The van der Waals surface area contributed by atoms with Gasteiger partial charge in [-0.1, -0.05) is 12.1 Å². The maximum atomic E-state index is 11.6. The van der Waals surface area contributed by atoms with Crippen molar-refractivity contribution in [1.82, 2.24) is 4.90 Å². The second-order valence-corrected chi connectivity index (χ2v) is 4.78. The van der Waals surface area contributed by atoms with Crippen molar-refractivity contribution in [2.45, 2.75) is 6.92 Å². The van der Waals surface area contributed by atoms with E-state index in [4.69, 9.17) is 14.2 Å². The van der Waals surface area contributed by atoms with E-state index in [1.165, 1.54) is 0 Å². The number of nitrogens with zero attached hydrogens (tertiary/aromatic N) is 1. The van der Waals surface area contributed by atoms with Gasteiger partial charge >= 0.3 is 5.97 Å². The molecule has 5 nitrogen and oxygen atoms in total. The van der Waals surface area contributed by atoms with Crippen molar-refractivity contribution in [3.05, 3.63) is 29.8 Å². The summed E-state index contributed by atoms with van der Waals surface area (Å²) < 4.78 is 15.8. The highest BCUT2D eigenvalue weighted by atomic mass is 35.5. The van der Waals surface area contributed by atoms with E-state index in [2.05, 4.69) is 4.90 Å². The van der Waals surface area contributed by atoms with Crippen molar-refractivity contribution in [1.29, 1.82) is 0 Å². The molecule has 1 aliphatic heterocycles. The quantitative estimate of drug-likeness (QED) is 0.747. The molecule has 1 fully saturated rings. The number of aryl methyl sites for hydroxylation is 1. The van der Waals surface area contributed by atoms with Crippen LogP contribution in [0.5, 0.6) is 5.75 Å². The summed E-state index contributed by atoms with van der Waals surface area (Å²) in [6.45, 7) is 6.39. The standard InChI is InChI=1S/C15H21NO4.ClH/c1-13-3-2-4-14(11-13)20-12-15(17)19-10-7-16-5-8-18-9-6-16;/h2-4,11H,5-10,12H2,1H3;1H. The molecule has 21 heavy (non-hydrogen) atoms. The minimum Gasteiger partial charge on any atom is -0.482 e. The highest BCUT2D eigenvalue weighted by Crippen LogP contribution is 2.12. The molecule has 1 aromatic carbocycles. The Morgan fingerprint density at radius 3 is 2.81 bits per heavy atom. The molecule has 0 aromatic heterocycles. The summed E-state index contributed by atoms with van der Waals surface area (Å²) >= 11 is 0. The van der Waals surface area contributed by atoms with Crippen LogP contribution in [0.3, 0.4) is 0 Å². The fourth-order valence-corrected chi connectivity index (χ4v) is 2.00. The molecule has 0 atom stereocenters. The topological polar surface area (TPSA) is 48.0 Å². The van der Waals surface area contributed by atoms with Crippen LogP contribution in [0.2, 0.25) is 0 Å². The molecule has 1 saturated heterocycles. The SMILES string of the molecule is Cc1cccc(OCC(=O)OCCN2CCOCC2)c1.Cl. The maximum absolute atomic E-state index is 11.6. The Balaban J connectivity index is 0.00000220. The number of esters is 1. The molecular weight excluding hydrogens is 294 g/mol. The number of ether oxygens (including phenoxy) is 3.